The van der Waals surface area contributed by atoms with Gasteiger partial charge in [-0.25, -0.2) is 0 Å². The second kappa shape index (κ2) is 7.87. The minimum atomic E-state index is 0.458. The molecule has 0 unspecified atom stereocenters. The Morgan fingerprint density at radius 2 is 1.80 bits per heavy atom. The van der Waals surface area contributed by atoms with Crippen LogP contribution in [-0.2, 0) is 5.75 Å². The van der Waals surface area contributed by atoms with E-state index in [1.165, 1.54) is 17.3 Å². The Labute approximate surface area is 131 Å². The molecule has 0 aliphatic rings. The molecule has 0 aromatic heterocycles. The van der Waals surface area contributed by atoms with Gasteiger partial charge in [0.15, 0.2) is 5.17 Å². The zero-order valence-electron chi connectivity index (χ0n) is 10.7. The highest BCUT2D eigenvalue weighted by atomic mass is 79.9. The van der Waals surface area contributed by atoms with Crippen LogP contribution in [0.1, 0.15) is 11.1 Å². The first kappa shape index (κ1) is 14.8. The Balaban J connectivity index is 1.85. The van der Waals surface area contributed by atoms with Gasteiger partial charge >= 0.3 is 0 Å². The summed E-state index contributed by atoms with van der Waals surface area (Å²) >= 11 is 4.88. The van der Waals surface area contributed by atoms with Crippen molar-refractivity contribution in [3.8, 4) is 0 Å². The van der Waals surface area contributed by atoms with Crippen LogP contribution in [0.4, 0.5) is 0 Å². The Kier molecular flexibility index (Phi) is 5.83. The lowest BCUT2D eigenvalue weighted by molar-refractivity contribution is 1.25. The Morgan fingerprint density at radius 3 is 2.50 bits per heavy atom. The van der Waals surface area contributed by atoms with Crippen LogP contribution in [0.3, 0.4) is 0 Å². The predicted molar refractivity (Wildman–Crippen MR) is 91.1 cm³/mol. The number of amidine groups is 1. The van der Waals surface area contributed by atoms with Gasteiger partial charge in [-0.15, -0.1) is 5.10 Å². The van der Waals surface area contributed by atoms with Gasteiger partial charge in [-0.05, 0) is 23.3 Å². The van der Waals surface area contributed by atoms with Gasteiger partial charge in [-0.2, -0.15) is 5.10 Å². The minimum Gasteiger partial charge on any atom is -0.377 e. The second-order valence-corrected chi connectivity index (χ2v) is 5.92. The van der Waals surface area contributed by atoms with E-state index in [1.54, 1.807) is 6.21 Å². The second-order valence-electron chi connectivity index (χ2n) is 4.01. The summed E-state index contributed by atoms with van der Waals surface area (Å²) in [5.74, 6) is 0.781. The summed E-state index contributed by atoms with van der Waals surface area (Å²) in [6.45, 7) is 0. The average Bonchev–Trinajstić information content (AvgIpc) is 2.48. The monoisotopic (exact) mass is 347 g/mol. The molecule has 20 heavy (non-hydrogen) atoms. The highest BCUT2D eigenvalue weighted by molar-refractivity contribution is 9.10. The van der Waals surface area contributed by atoms with Gasteiger partial charge < -0.3 is 5.73 Å². The van der Waals surface area contributed by atoms with Crippen LogP contribution in [0.2, 0.25) is 0 Å². The van der Waals surface area contributed by atoms with Crippen LogP contribution < -0.4 is 5.73 Å². The topological polar surface area (TPSA) is 50.7 Å². The zero-order valence-corrected chi connectivity index (χ0v) is 13.1. The average molecular weight is 348 g/mol. The van der Waals surface area contributed by atoms with E-state index in [2.05, 4.69) is 38.3 Å². The summed E-state index contributed by atoms with van der Waals surface area (Å²) in [6.07, 6.45) is 1.69. The highest BCUT2D eigenvalue weighted by Gasteiger charge is 1.97. The van der Waals surface area contributed by atoms with Crippen molar-refractivity contribution in [2.24, 2.45) is 15.9 Å². The molecule has 0 saturated carbocycles. The third-order valence-electron chi connectivity index (χ3n) is 2.46. The summed E-state index contributed by atoms with van der Waals surface area (Å²) in [6, 6.07) is 17.9. The Morgan fingerprint density at radius 1 is 1.10 bits per heavy atom. The van der Waals surface area contributed by atoms with E-state index in [9.17, 15) is 0 Å². The third-order valence-corrected chi connectivity index (χ3v) is 3.85. The molecule has 0 saturated heterocycles. The summed E-state index contributed by atoms with van der Waals surface area (Å²) in [5.41, 5.74) is 8.00. The fourth-order valence-corrected chi connectivity index (χ4v) is 2.33. The maximum absolute atomic E-state index is 5.81. The summed E-state index contributed by atoms with van der Waals surface area (Å²) in [7, 11) is 0. The molecule has 0 atom stereocenters. The van der Waals surface area contributed by atoms with Crippen molar-refractivity contribution in [2.75, 3.05) is 0 Å². The molecule has 0 amide bonds. The number of benzene rings is 2. The molecule has 2 rings (SSSR count). The molecule has 2 aromatic rings. The number of nitrogens with two attached hydrogens (primary N) is 1. The summed E-state index contributed by atoms with van der Waals surface area (Å²) in [5, 5.41) is 8.41. The minimum absolute atomic E-state index is 0.458. The van der Waals surface area contributed by atoms with Crippen LogP contribution in [0.25, 0.3) is 0 Å². The van der Waals surface area contributed by atoms with Crippen molar-refractivity contribution in [3.05, 3.63) is 70.2 Å². The van der Waals surface area contributed by atoms with E-state index in [-0.39, 0.29) is 0 Å². The molecular formula is C15H14BrN3S. The van der Waals surface area contributed by atoms with E-state index < -0.39 is 0 Å². The van der Waals surface area contributed by atoms with E-state index in [0.29, 0.717) is 5.17 Å². The van der Waals surface area contributed by atoms with Crippen molar-refractivity contribution in [1.82, 2.24) is 0 Å². The fraction of sp³-hybridized carbons (Fsp3) is 0.0667. The van der Waals surface area contributed by atoms with Crippen molar-refractivity contribution < 1.29 is 0 Å². The van der Waals surface area contributed by atoms with Gasteiger partial charge in [0.25, 0.3) is 0 Å². The molecule has 0 aliphatic carbocycles. The summed E-state index contributed by atoms with van der Waals surface area (Å²) in [4.78, 5) is 0. The highest BCUT2D eigenvalue weighted by Crippen LogP contribution is 2.15. The molecule has 2 aromatic carbocycles. The first-order chi connectivity index (χ1) is 9.74. The maximum atomic E-state index is 5.81. The quantitative estimate of drug-likeness (QED) is 0.515. The first-order valence-electron chi connectivity index (χ1n) is 6.03. The maximum Gasteiger partial charge on any atom is 0.180 e. The molecule has 102 valence electrons. The molecule has 2 N–H and O–H groups in total. The smallest absolute Gasteiger partial charge is 0.180 e. The van der Waals surface area contributed by atoms with Crippen LogP contribution in [0.15, 0.2) is 69.3 Å². The zero-order chi connectivity index (χ0) is 14.2. The van der Waals surface area contributed by atoms with E-state index in [0.717, 1.165) is 15.8 Å². The first-order valence-corrected chi connectivity index (χ1v) is 7.81. The SMILES string of the molecule is N/C(=N\N=C\c1ccccc1)SCc1ccc(Br)cc1. The van der Waals surface area contributed by atoms with Crippen LogP contribution >= 0.6 is 27.7 Å². The van der Waals surface area contributed by atoms with Gasteiger partial charge in [0, 0.05) is 10.2 Å². The lowest BCUT2D eigenvalue weighted by atomic mass is 10.2. The normalized spacial score (nSPS) is 11.9. The molecule has 3 nitrogen and oxygen atoms in total. The van der Waals surface area contributed by atoms with Gasteiger partial charge in [-0.1, -0.05) is 70.2 Å². The van der Waals surface area contributed by atoms with Crippen molar-refractivity contribution in [2.45, 2.75) is 5.75 Å². The molecule has 5 heteroatoms. The third kappa shape index (κ3) is 5.19. The number of thioether (sulfide) groups is 1. The van der Waals surface area contributed by atoms with Gasteiger partial charge in [0.1, 0.15) is 0 Å². The molecule has 0 bridgehead atoms. The molecule has 0 aliphatic heterocycles. The molecule has 0 radical (unpaired) electrons. The number of hydrogen-bond acceptors (Lipinski definition) is 3. The van der Waals surface area contributed by atoms with Gasteiger partial charge in [0.2, 0.25) is 0 Å². The molecule has 0 spiro atoms. The van der Waals surface area contributed by atoms with E-state index in [4.69, 9.17) is 5.73 Å². The van der Waals surface area contributed by atoms with Crippen LogP contribution in [0.5, 0.6) is 0 Å². The van der Waals surface area contributed by atoms with E-state index in [1.807, 2.05) is 42.5 Å². The standard InChI is InChI=1S/C15H14BrN3S/c16-14-8-6-13(7-9-14)11-20-15(17)19-18-10-12-4-2-1-3-5-12/h1-10H,11H2,(H2,17,19)/b18-10+. The number of nitrogens with zero attached hydrogens (tertiary/aromatic N) is 2. The lowest BCUT2D eigenvalue weighted by Crippen LogP contribution is -2.06. The van der Waals surface area contributed by atoms with Crippen LogP contribution in [0, 0.1) is 0 Å². The van der Waals surface area contributed by atoms with Crippen molar-refractivity contribution in [3.63, 3.8) is 0 Å². The summed E-state index contributed by atoms with van der Waals surface area (Å²) < 4.78 is 1.07. The van der Waals surface area contributed by atoms with Gasteiger partial charge in [0.05, 0.1) is 6.21 Å². The Bertz CT molecular complexity index is 594. The molecule has 0 heterocycles. The number of halogens is 1. The number of hydrogen-bond donors (Lipinski definition) is 1. The van der Waals surface area contributed by atoms with Crippen LogP contribution in [-0.4, -0.2) is 11.4 Å². The largest absolute Gasteiger partial charge is 0.377 e. The number of rotatable bonds is 4. The van der Waals surface area contributed by atoms with Gasteiger partial charge in [-0.3, -0.25) is 0 Å². The molecular weight excluding hydrogens is 334 g/mol. The lowest BCUT2D eigenvalue weighted by Gasteiger charge is -2.00. The molecule has 0 fully saturated rings. The van der Waals surface area contributed by atoms with Crippen molar-refractivity contribution in [1.29, 1.82) is 0 Å². The van der Waals surface area contributed by atoms with E-state index >= 15 is 0 Å². The predicted octanol–water partition coefficient (Wildman–Crippen LogP) is 4.03. The Hall–Kier alpha value is -1.59. The van der Waals surface area contributed by atoms with Crippen molar-refractivity contribution >= 4 is 39.1 Å². The fourth-order valence-electron chi connectivity index (χ4n) is 1.46.